The highest BCUT2D eigenvalue weighted by Gasteiger charge is 2.08. The van der Waals surface area contributed by atoms with E-state index in [9.17, 15) is 4.79 Å². The van der Waals surface area contributed by atoms with Crippen molar-refractivity contribution < 1.29 is 14.6 Å². The van der Waals surface area contributed by atoms with Crippen molar-refractivity contribution in [2.24, 2.45) is 0 Å². The zero-order valence-corrected chi connectivity index (χ0v) is 22.7. The number of thioether (sulfide) groups is 1. The molecule has 0 unspecified atom stereocenters. The van der Waals surface area contributed by atoms with E-state index in [1.807, 2.05) is 49.4 Å². The van der Waals surface area contributed by atoms with Gasteiger partial charge in [0.2, 0.25) is 0 Å². The Kier molecular flexibility index (Phi) is 8.92. The minimum absolute atomic E-state index is 0.344. The van der Waals surface area contributed by atoms with Gasteiger partial charge < -0.3 is 9.84 Å². The summed E-state index contributed by atoms with van der Waals surface area (Å²) in [5.74, 6) is 0.382. The van der Waals surface area contributed by atoms with E-state index < -0.39 is 5.97 Å². The van der Waals surface area contributed by atoms with E-state index >= 15 is 0 Å². The summed E-state index contributed by atoms with van der Waals surface area (Å²) in [6, 6.07) is 30.6. The predicted octanol–water partition coefficient (Wildman–Crippen LogP) is 8.77. The highest BCUT2D eigenvalue weighted by atomic mass is 79.9. The monoisotopic (exact) mass is 578 g/mol. The maximum Gasteiger partial charge on any atom is 0.341 e. The summed E-state index contributed by atoms with van der Waals surface area (Å²) in [5.41, 5.74) is 6.63. The van der Waals surface area contributed by atoms with Gasteiger partial charge in [0.1, 0.15) is 5.75 Å². The Morgan fingerprint density at radius 3 is 2.08 bits per heavy atom. The van der Waals surface area contributed by atoms with Crippen molar-refractivity contribution in [2.75, 3.05) is 12.4 Å². The van der Waals surface area contributed by atoms with Gasteiger partial charge in [-0.15, -0.1) is 11.8 Å². The highest BCUT2D eigenvalue weighted by Crippen LogP contribution is 2.31. The molecule has 6 heteroatoms. The summed E-state index contributed by atoms with van der Waals surface area (Å²) < 4.78 is 6.38. The Balaban J connectivity index is 1.55. The first-order valence-corrected chi connectivity index (χ1v) is 13.5. The third-order valence-corrected chi connectivity index (χ3v) is 7.26. The number of carboxylic acids is 1. The van der Waals surface area contributed by atoms with Crippen LogP contribution in [0.25, 0.3) is 16.7 Å². The van der Waals surface area contributed by atoms with Crippen LogP contribution in [0.5, 0.6) is 5.75 Å². The molecule has 0 aliphatic rings. The molecule has 0 heterocycles. The molecule has 0 atom stereocenters. The first kappa shape index (κ1) is 26.1. The molecule has 182 valence electrons. The highest BCUT2D eigenvalue weighted by molar-refractivity contribution is 9.10. The number of aryl methyl sites for hydroxylation is 1. The van der Waals surface area contributed by atoms with E-state index in [4.69, 9.17) is 21.4 Å². The second kappa shape index (κ2) is 12.3. The van der Waals surface area contributed by atoms with Gasteiger partial charge in [0.15, 0.2) is 6.61 Å². The van der Waals surface area contributed by atoms with Gasteiger partial charge >= 0.3 is 5.97 Å². The maximum atomic E-state index is 10.8. The van der Waals surface area contributed by atoms with Crippen LogP contribution in [0, 0.1) is 6.92 Å². The van der Waals surface area contributed by atoms with Crippen molar-refractivity contribution in [3.8, 4) is 16.9 Å². The first-order chi connectivity index (χ1) is 17.4. The zero-order valence-electron chi connectivity index (χ0n) is 19.6. The Morgan fingerprint density at radius 2 is 1.50 bits per heavy atom. The van der Waals surface area contributed by atoms with Crippen LogP contribution in [0.4, 0.5) is 0 Å². The molecule has 4 aromatic rings. The van der Waals surface area contributed by atoms with Crippen LogP contribution in [0.2, 0.25) is 5.02 Å². The van der Waals surface area contributed by atoms with Crippen LogP contribution in [0.3, 0.4) is 0 Å². The summed E-state index contributed by atoms with van der Waals surface area (Å²) in [4.78, 5) is 11.9. The van der Waals surface area contributed by atoms with E-state index in [-0.39, 0.29) is 6.61 Å². The number of carboxylic acid groups (broad SMARTS) is 1. The molecule has 0 bridgehead atoms. The van der Waals surface area contributed by atoms with Gasteiger partial charge in [-0.1, -0.05) is 82.1 Å². The summed E-state index contributed by atoms with van der Waals surface area (Å²) in [6.07, 6.45) is 2.25. The van der Waals surface area contributed by atoms with Crippen molar-refractivity contribution in [3.05, 3.63) is 123 Å². The normalized spacial score (nSPS) is 11.4. The largest absolute Gasteiger partial charge is 0.482 e. The molecule has 0 aliphatic heterocycles. The number of carbonyl (C=O) groups is 1. The van der Waals surface area contributed by atoms with Crippen LogP contribution in [-0.4, -0.2) is 23.4 Å². The van der Waals surface area contributed by atoms with Gasteiger partial charge in [-0.2, -0.15) is 0 Å². The third kappa shape index (κ3) is 7.03. The molecular formula is C30H24BrClO3S. The average Bonchev–Trinajstić information content (AvgIpc) is 2.87. The minimum Gasteiger partial charge on any atom is -0.482 e. The van der Waals surface area contributed by atoms with E-state index in [1.54, 1.807) is 11.8 Å². The second-order valence-corrected chi connectivity index (χ2v) is 10.6. The second-order valence-electron chi connectivity index (χ2n) is 8.13. The van der Waals surface area contributed by atoms with Crippen LogP contribution >= 0.6 is 39.3 Å². The van der Waals surface area contributed by atoms with Crippen LogP contribution in [0.15, 0.2) is 106 Å². The molecule has 0 spiro atoms. The Morgan fingerprint density at radius 1 is 0.917 bits per heavy atom. The fraction of sp³-hybridized carbons (Fsp3) is 0.100. The molecule has 0 saturated carbocycles. The summed E-state index contributed by atoms with van der Waals surface area (Å²) in [6.45, 7) is 1.58. The van der Waals surface area contributed by atoms with Gasteiger partial charge in [0.25, 0.3) is 0 Å². The van der Waals surface area contributed by atoms with Gasteiger partial charge in [0.05, 0.1) is 0 Å². The number of aliphatic carboxylic acids is 1. The molecule has 3 nitrogen and oxygen atoms in total. The molecule has 1 N–H and O–H groups in total. The van der Waals surface area contributed by atoms with Crippen molar-refractivity contribution >= 4 is 50.8 Å². The number of ether oxygens (including phenoxy) is 1. The van der Waals surface area contributed by atoms with Crippen molar-refractivity contribution in [1.82, 2.24) is 0 Å². The van der Waals surface area contributed by atoms with E-state index in [0.29, 0.717) is 5.75 Å². The SMILES string of the molecule is Cc1cc(SC/C=C(/c2ccc(Br)cc2)c2ccc(-c3ccc(Cl)cc3)cc2)ccc1OCC(=O)O. The molecule has 0 saturated heterocycles. The lowest BCUT2D eigenvalue weighted by Gasteiger charge is -2.11. The molecule has 0 radical (unpaired) electrons. The van der Waals surface area contributed by atoms with Crippen molar-refractivity contribution in [2.45, 2.75) is 11.8 Å². The standard InChI is InChI=1S/C30H24BrClO3S/c1-20-18-27(14-15-29(20)35-19-30(33)34)36-17-16-28(24-6-10-25(31)11-7-24)23-4-2-21(3-5-23)22-8-12-26(32)13-9-22/h2-16,18H,17,19H2,1H3,(H,33,34)/b28-16+. The lowest BCUT2D eigenvalue weighted by Crippen LogP contribution is -2.09. The van der Waals surface area contributed by atoms with E-state index in [0.717, 1.165) is 53.5 Å². The molecular weight excluding hydrogens is 556 g/mol. The Bertz CT molecular complexity index is 1370. The maximum absolute atomic E-state index is 10.8. The first-order valence-electron chi connectivity index (χ1n) is 11.3. The lowest BCUT2D eigenvalue weighted by molar-refractivity contribution is -0.139. The molecule has 0 fully saturated rings. The van der Waals surface area contributed by atoms with Crippen molar-refractivity contribution in [1.29, 1.82) is 0 Å². The quantitative estimate of drug-likeness (QED) is 0.201. The smallest absolute Gasteiger partial charge is 0.341 e. The third-order valence-electron chi connectivity index (χ3n) is 5.56. The average molecular weight is 580 g/mol. The molecule has 0 aromatic heterocycles. The Hall–Kier alpha value is -2.99. The summed E-state index contributed by atoms with van der Waals surface area (Å²) in [7, 11) is 0. The predicted molar refractivity (Wildman–Crippen MR) is 153 cm³/mol. The molecule has 36 heavy (non-hydrogen) atoms. The number of hydrogen-bond donors (Lipinski definition) is 1. The Labute approximate surface area is 228 Å². The van der Waals surface area contributed by atoms with Gasteiger partial charge in [-0.05, 0) is 82.8 Å². The van der Waals surface area contributed by atoms with Crippen LogP contribution in [0.1, 0.15) is 16.7 Å². The van der Waals surface area contributed by atoms with Crippen molar-refractivity contribution in [3.63, 3.8) is 0 Å². The van der Waals surface area contributed by atoms with Crippen LogP contribution in [-0.2, 0) is 4.79 Å². The van der Waals surface area contributed by atoms with E-state index in [1.165, 1.54) is 0 Å². The fourth-order valence-corrected chi connectivity index (χ4v) is 5.01. The molecule has 0 amide bonds. The fourth-order valence-electron chi connectivity index (χ4n) is 3.75. The lowest BCUT2D eigenvalue weighted by atomic mass is 9.95. The number of benzene rings is 4. The van der Waals surface area contributed by atoms with Gasteiger partial charge in [-0.25, -0.2) is 4.79 Å². The van der Waals surface area contributed by atoms with Gasteiger partial charge in [-0.3, -0.25) is 0 Å². The molecule has 0 aliphatic carbocycles. The topological polar surface area (TPSA) is 46.5 Å². The minimum atomic E-state index is -0.986. The number of hydrogen-bond acceptors (Lipinski definition) is 3. The molecule has 4 rings (SSSR count). The summed E-state index contributed by atoms with van der Waals surface area (Å²) >= 11 is 11.3. The molecule has 4 aromatic carbocycles. The zero-order chi connectivity index (χ0) is 25.5. The van der Waals surface area contributed by atoms with Crippen LogP contribution < -0.4 is 4.74 Å². The summed E-state index contributed by atoms with van der Waals surface area (Å²) in [5, 5.41) is 9.56. The number of rotatable bonds is 9. The number of halogens is 2. The van der Waals surface area contributed by atoms with Gasteiger partial charge in [0, 0.05) is 20.1 Å². The van der Waals surface area contributed by atoms with E-state index in [2.05, 4.69) is 70.5 Å².